The molecule has 0 unspecified atom stereocenters. The van der Waals surface area contributed by atoms with Crippen LogP contribution in [-0.2, 0) is 24.8 Å². The first kappa shape index (κ1) is 22.3. The molecule has 4 rings (SSSR count). The molecule has 2 aromatic heterocycles. The summed E-state index contributed by atoms with van der Waals surface area (Å²) in [5, 5.41) is 32.7. The maximum Gasteiger partial charge on any atom is 0.309 e. The topological polar surface area (TPSA) is 123 Å². The van der Waals surface area contributed by atoms with Gasteiger partial charge >= 0.3 is 5.97 Å². The highest BCUT2D eigenvalue weighted by molar-refractivity contribution is 5.76. The molecule has 2 atom stereocenters. The van der Waals surface area contributed by atoms with E-state index in [-0.39, 0.29) is 18.5 Å². The van der Waals surface area contributed by atoms with Crippen molar-refractivity contribution in [2.75, 3.05) is 0 Å². The van der Waals surface area contributed by atoms with Gasteiger partial charge in [0.05, 0.1) is 23.6 Å². The van der Waals surface area contributed by atoms with Crippen LogP contribution in [0.1, 0.15) is 18.4 Å². The summed E-state index contributed by atoms with van der Waals surface area (Å²) in [7, 11) is 1.86. The molecular weight excluding hydrogens is 422 g/mol. The Morgan fingerprint density at radius 3 is 2.52 bits per heavy atom. The molecule has 2 heterocycles. The van der Waals surface area contributed by atoms with E-state index in [9.17, 15) is 19.8 Å². The number of aryl methyl sites for hydroxylation is 3. The third kappa shape index (κ3) is 5.15. The summed E-state index contributed by atoms with van der Waals surface area (Å²) in [6.45, 7) is 0.0600. The zero-order valence-electron chi connectivity index (χ0n) is 18.2. The summed E-state index contributed by atoms with van der Waals surface area (Å²) in [6.07, 6.45) is 3.58. The Kier molecular flexibility index (Phi) is 6.60. The Hall–Kier alpha value is -3.85. The summed E-state index contributed by atoms with van der Waals surface area (Å²) >= 11 is 0. The molecule has 2 aromatic carbocycles. The number of aromatic nitrogens is 5. The molecule has 2 N–H and O–H groups in total. The van der Waals surface area contributed by atoms with Crippen molar-refractivity contribution in [1.29, 1.82) is 0 Å². The molecule has 0 aliphatic heterocycles. The van der Waals surface area contributed by atoms with Gasteiger partial charge in [-0.15, -0.1) is 5.10 Å². The number of aliphatic hydroxyl groups excluding tert-OH is 1. The minimum atomic E-state index is -1.10. The van der Waals surface area contributed by atoms with Gasteiger partial charge in [0.25, 0.3) is 5.56 Å². The Morgan fingerprint density at radius 1 is 1.06 bits per heavy atom. The average molecular weight is 447 g/mol. The molecule has 9 heteroatoms. The van der Waals surface area contributed by atoms with Gasteiger partial charge in [0, 0.05) is 25.4 Å². The van der Waals surface area contributed by atoms with Gasteiger partial charge in [-0.1, -0.05) is 41.6 Å². The lowest BCUT2D eigenvalue weighted by Gasteiger charge is -2.19. The number of fused-ring (bicyclic) bond motifs is 1. The van der Waals surface area contributed by atoms with Crippen molar-refractivity contribution >= 4 is 16.9 Å². The fourth-order valence-electron chi connectivity index (χ4n) is 3.86. The number of hydrogen-bond acceptors (Lipinski definition) is 6. The standard InChI is InChI=1S/C24H25N5O4/c1-28-15-18(14-25-28)17-9-6-16(7-10-17)8-11-22(30)20(24(32)33)12-13-29-23(31)19-4-2-3-5-21(19)26-27-29/h2-7,9-10,14-15,20,22,30H,8,11-13H2,1H3,(H,32,33)/t20-,22-/m1/s1. The number of hydrogen-bond donors (Lipinski definition) is 2. The zero-order valence-corrected chi connectivity index (χ0v) is 18.2. The Morgan fingerprint density at radius 2 is 1.82 bits per heavy atom. The van der Waals surface area contributed by atoms with E-state index >= 15 is 0 Å². The molecule has 4 aromatic rings. The van der Waals surface area contributed by atoms with Crippen LogP contribution < -0.4 is 5.56 Å². The molecule has 0 bridgehead atoms. The van der Waals surface area contributed by atoms with Gasteiger partial charge in [-0.3, -0.25) is 14.3 Å². The number of carbonyl (C=O) groups is 1. The van der Waals surface area contributed by atoms with Crippen LogP contribution in [0.15, 0.2) is 65.7 Å². The second-order valence-electron chi connectivity index (χ2n) is 8.07. The number of benzene rings is 2. The van der Waals surface area contributed by atoms with Gasteiger partial charge in [-0.05, 0) is 42.5 Å². The second-order valence-corrected chi connectivity index (χ2v) is 8.07. The fraction of sp³-hybridized carbons (Fsp3) is 0.292. The predicted molar refractivity (Wildman–Crippen MR) is 123 cm³/mol. The third-order valence-corrected chi connectivity index (χ3v) is 5.78. The summed E-state index contributed by atoms with van der Waals surface area (Å²) in [5.41, 5.74) is 3.22. The van der Waals surface area contributed by atoms with Crippen molar-refractivity contribution in [2.24, 2.45) is 13.0 Å². The lowest BCUT2D eigenvalue weighted by Crippen LogP contribution is -2.32. The van der Waals surface area contributed by atoms with Crippen LogP contribution in [0.25, 0.3) is 22.0 Å². The number of rotatable bonds is 9. The monoisotopic (exact) mass is 447 g/mol. The van der Waals surface area contributed by atoms with Crippen LogP contribution in [0.4, 0.5) is 0 Å². The van der Waals surface area contributed by atoms with Crippen LogP contribution in [-0.4, -0.2) is 47.1 Å². The molecule has 0 radical (unpaired) electrons. The van der Waals surface area contributed by atoms with Crippen LogP contribution >= 0.6 is 0 Å². The fourth-order valence-corrected chi connectivity index (χ4v) is 3.86. The zero-order chi connectivity index (χ0) is 23.4. The molecular formula is C24H25N5O4. The molecule has 0 saturated heterocycles. The average Bonchev–Trinajstić information content (AvgIpc) is 3.25. The van der Waals surface area contributed by atoms with E-state index in [0.29, 0.717) is 23.7 Å². The lowest BCUT2D eigenvalue weighted by molar-refractivity contribution is -0.146. The van der Waals surface area contributed by atoms with Gasteiger partial charge in [-0.25, -0.2) is 4.68 Å². The van der Waals surface area contributed by atoms with Gasteiger partial charge in [0.1, 0.15) is 5.52 Å². The molecule has 170 valence electrons. The van der Waals surface area contributed by atoms with Crippen LogP contribution in [0.5, 0.6) is 0 Å². The summed E-state index contributed by atoms with van der Waals surface area (Å²) < 4.78 is 2.89. The third-order valence-electron chi connectivity index (χ3n) is 5.78. The largest absolute Gasteiger partial charge is 0.481 e. The predicted octanol–water partition coefficient (Wildman–Crippen LogP) is 2.28. The van der Waals surface area contributed by atoms with Crippen LogP contribution in [0, 0.1) is 5.92 Å². The second kappa shape index (κ2) is 9.74. The maximum absolute atomic E-state index is 12.6. The Balaban J connectivity index is 1.37. The maximum atomic E-state index is 12.6. The van der Waals surface area contributed by atoms with E-state index in [1.54, 1.807) is 35.1 Å². The van der Waals surface area contributed by atoms with Crippen molar-refractivity contribution in [1.82, 2.24) is 24.8 Å². The molecule has 0 saturated carbocycles. The quantitative estimate of drug-likeness (QED) is 0.403. The highest BCUT2D eigenvalue weighted by Crippen LogP contribution is 2.21. The van der Waals surface area contributed by atoms with E-state index in [1.165, 1.54) is 0 Å². The number of aliphatic hydroxyl groups is 1. The molecule has 0 fully saturated rings. The first-order valence-electron chi connectivity index (χ1n) is 10.7. The molecule has 0 spiro atoms. The normalized spacial score (nSPS) is 13.2. The highest BCUT2D eigenvalue weighted by atomic mass is 16.4. The van der Waals surface area contributed by atoms with E-state index in [2.05, 4.69) is 15.4 Å². The first-order chi connectivity index (χ1) is 15.9. The highest BCUT2D eigenvalue weighted by Gasteiger charge is 2.26. The van der Waals surface area contributed by atoms with Crippen molar-refractivity contribution in [3.05, 3.63) is 76.8 Å². The molecule has 0 aliphatic carbocycles. The van der Waals surface area contributed by atoms with Crippen molar-refractivity contribution in [3.63, 3.8) is 0 Å². The first-order valence-corrected chi connectivity index (χ1v) is 10.7. The Bertz CT molecular complexity index is 1310. The smallest absolute Gasteiger partial charge is 0.309 e. The van der Waals surface area contributed by atoms with E-state index in [0.717, 1.165) is 21.4 Å². The number of aliphatic carboxylic acids is 1. The van der Waals surface area contributed by atoms with Crippen molar-refractivity contribution in [3.8, 4) is 11.1 Å². The van der Waals surface area contributed by atoms with Gasteiger partial charge < -0.3 is 10.2 Å². The number of carboxylic acid groups (broad SMARTS) is 1. The number of nitrogens with zero attached hydrogens (tertiary/aromatic N) is 5. The molecule has 0 aliphatic rings. The molecule has 0 amide bonds. The van der Waals surface area contributed by atoms with Crippen LogP contribution in [0.2, 0.25) is 0 Å². The number of carboxylic acids is 1. The summed E-state index contributed by atoms with van der Waals surface area (Å²) in [4.78, 5) is 24.4. The summed E-state index contributed by atoms with van der Waals surface area (Å²) in [5.74, 6) is -2.11. The lowest BCUT2D eigenvalue weighted by atomic mass is 9.93. The minimum absolute atomic E-state index is 0.0600. The molecule has 9 nitrogen and oxygen atoms in total. The van der Waals surface area contributed by atoms with E-state index in [4.69, 9.17) is 0 Å². The van der Waals surface area contributed by atoms with Crippen molar-refractivity contribution < 1.29 is 15.0 Å². The van der Waals surface area contributed by atoms with Crippen LogP contribution in [0.3, 0.4) is 0 Å². The van der Waals surface area contributed by atoms with Gasteiger partial charge in [0.2, 0.25) is 0 Å². The van der Waals surface area contributed by atoms with Gasteiger partial charge in [0.15, 0.2) is 0 Å². The van der Waals surface area contributed by atoms with E-state index < -0.39 is 18.0 Å². The van der Waals surface area contributed by atoms with Crippen molar-refractivity contribution in [2.45, 2.75) is 31.9 Å². The molecule has 33 heavy (non-hydrogen) atoms. The minimum Gasteiger partial charge on any atom is -0.481 e. The summed E-state index contributed by atoms with van der Waals surface area (Å²) in [6, 6.07) is 14.8. The van der Waals surface area contributed by atoms with Gasteiger partial charge in [-0.2, -0.15) is 5.10 Å². The van der Waals surface area contributed by atoms with E-state index in [1.807, 2.05) is 37.5 Å². The Labute approximate surface area is 189 Å². The SMILES string of the molecule is Cn1cc(-c2ccc(CC[C@@H](O)[C@@H](CCn3nnc4ccccc4c3=O)C(=O)O)cc2)cn1.